The molecule has 0 aliphatic heterocycles. The second-order valence-electron chi connectivity index (χ2n) is 8.07. The molecular weight excluding hydrogens is 459 g/mol. The third-order valence-electron chi connectivity index (χ3n) is 5.35. The molecule has 0 saturated heterocycles. The van der Waals surface area contributed by atoms with Crippen molar-refractivity contribution in [2.24, 2.45) is 0 Å². The van der Waals surface area contributed by atoms with Crippen LogP contribution in [-0.4, -0.2) is 62.7 Å². The van der Waals surface area contributed by atoms with Crippen LogP contribution in [0, 0.1) is 12.7 Å². The Morgan fingerprint density at radius 2 is 1.65 bits per heavy atom. The van der Waals surface area contributed by atoms with E-state index in [9.17, 15) is 22.4 Å². The van der Waals surface area contributed by atoms with Gasteiger partial charge in [0, 0.05) is 27.2 Å². The number of rotatable bonds is 11. The number of para-hydroxylation sites is 1. The fourth-order valence-electron chi connectivity index (χ4n) is 3.46. The molecule has 0 saturated carbocycles. The van der Waals surface area contributed by atoms with Crippen molar-refractivity contribution in [2.75, 3.05) is 31.5 Å². The van der Waals surface area contributed by atoms with Crippen molar-refractivity contribution >= 4 is 27.7 Å². The molecule has 0 unspecified atom stereocenters. The van der Waals surface area contributed by atoms with Gasteiger partial charge in [-0.1, -0.05) is 48.9 Å². The Labute approximate surface area is 201 Å². The predicted molar refractivity (Wildman–Crippen MR) is 131 cm³/mol. The van der Waals surface area contributed by atoms with E-state index >= 15 is 0 Å². The van der Waals surface area contributed by atoms with Crippen molar-refractivity contribution in [3.8, 4) is 0 Å². The fourth-order valence-corrected chi connectivity index (χ4v) is 4.52. The highest BCUT2D eigenvalue weighted by molar-refractivity contribution is 7.90. The summed E-state index contributed by atoms with van der Waals surface area (Å²) in [6, 6.07) is 12.0. The van der Waals surface area contributed by atoms with E-state index in [0.29, 0.717) is 13.0 Å². The molecule has 0 fully saturated rings. The zero-order valence-electron chi connectivity index (χ0n) is 20.3. The lowest BCUT2D eigenvalue weighted by Gasteiger charge is -2.34. The molecule has 0 aliphatic rings. The molecule has 0 spiro atoms. The number of hydrogen-bond acceptors (Lipinski definition) is 4. The first-order valence-electron chi connectivity index (χ1n) is 11.1. The number of likely N-dealkylation sites (N-methyl/N-ethyl adjacent to an activating group) is 1. The number of hydrogen-bond donors (Lipinski definition) is 1. The van der Waals surface area contributed by atoms with E-state index in [4.69, 9.17) is 0 Å². The van der Waals surface area contributed by atoms with Crippen LogP contribution >= 0.6 is 0 Å². The predicted octanol–water partition coefficient (Wildman–Crippen LogP) is 2.69. The van der Waals surface area contributed by atoms with Gasteiger partial charge in [0.05, 0.1) is 5.69 Å². The molecule has 1 atom stereocenters. The van der Waals surface area contributed by atoms with Crippen LogP contribution in [0.2, 0.25) is 0 Å². The normalized spacial score (nSPS) is 12.3. The maximum atomic E-state index is 14.6. The summed E-state index contributed by atoms with van der Waals surface area (Å²) in [7, 11) is -1.59. The molecule has 0 aliphatic carbocycles. The summed E-state index contributed by atoms with van der Waals surface area (Å²) in [5.41, 5.74) is 1.58. The SMILES string of the molecule is CCNC(=O)[C@@H](CC)N(Cc1ccc(C)cc1)C(=O)CN(c1ccccc1F)S(=O)(=O)N(C)C. The van der Waals surface area contributed by atoms with E-state index in [1.54, 1.807) is 13.8 Å². The van der Waals surface area contributed by atoms with Crippen molar-refractivity contribution in [3.05, 3.63) is 65.5 Å². The maximum Gasteiger partial charge on any atom is 0.304 e. The van der Waals surface area contributed by atoms with Gasteiger partial charge in [-0.15, -0.1) is 0 Å². The van der Waals surface area contributed by atoms with Crippen LogP contribution in [0.1, 0.15) is 31.4 Å². The van der Waals surface area contributed by atoms with Gasteiger partial charge in [-0.2, -0.15) is 12.7 Å². The lowest BCUT2D eigenvalue weighted by Crippen LogP contribution is -2.53. The summed E-state index contributed by atoms with van der Waals surface area (Å²) < 4.78 is 42.4. The Morgan fingerprint density at radius 3 is 2.18 bits per heavy atom. The van der Waals surface area contributed by atoms with E-state index < -0.39 is 34.5 Å². The Kier molecular flexibility index (Phi) is 9.57. The van der Waals surface area contributed by atoms with Gasteiger partial charge < -0.3 is 10.2 Å². The van der Waals surface area contributed by atoms with Crippen LogP contribution in [0.4, 0.5) is 10.1 Å². The molecule has 0 radical (unpaired) electrons. The highest BCUT2D eigenvalue weighted by Crippen LogP contribution is 2.24. The van der Waals surface area contributed by atoms with E-state index in [0.717, 1.165) is 25.8 Å². The lowest BCUT2D eigenvalue weighted by molar-refractivity contribution is -0.140. The van der Waals surface area contributed by atoms with Crippen LogP contribution in [0.3, 0.4) is 0 Å². The number of carbonyl (C=O) groups is 2. The topological polar surface area (TPSA) is 90.0 Å². The maximum absolute atomic E-state index is 14.6. The summed E-state index contributed by atoms with van der Waals surface area (Å²) >= 11 is 0. The number of anilines is 1. The zero-order chi connectivity index (χ0) is 25.5. The van der Waals surface area contributed by atoms with E-state index in [1.165, 1.54) is 37.2 Å². The molecule has 2 aromatic carbocycles. The molecule has 0 bridgehead atoms. The smallest absolute Gasteiger partial charge is 0.304 e. The van der Waals surface area contributed by atoms with Crippen molar-refractivity contribution < 1.29 is 22.4 Å². The minimum Gasteiger partial charge on any atom is -0.355 e. The van der Waals surface area contributed by atoms with Gasteiger partial charge in [0.15, 0.2) is 0 Å². The number of nitrogens with zero attached hydrogens (tertiary/aromatic N) is 3. The van der Waals surface area contributed by atoms with Crippen LogP contribution < -0.4 is 9.62 Å². The fraction of sp³-hybridized carbons (Fsp3) is 0.417. The first-order chi connectivity index (χ1) is 16.0. The molecule has 0 aromatic heterocycles. The van der Waals surface area contributed by atoms with E-state index in [2.05, 4.69) is 5.32 Å². The molecule has 34 heavy (non-hydrogen) atoms. The van der Waals surface area contributed by atoms with Crippen LogP contribution in [0.15, 0.2) is 48.5 Å². The first-order valence-corrected chi connectivity index (χ1v) is 12.5. The average molecular weight is 493 g/mol. The van der Waals surface area contributed by atoms with Gasteiger partial charge in [0.2, 0.25) is 11.8 Å². The van der Waals surface area contributed by atoms with Gasteiger partial charge in [0.1, 0.15) is 18.4 Å². The molecule has 8 nitrogen and oxygen atoms in total. The number of benzene rings is 2. The Balaban J connectivity index is 2.50. The van der Waals surface area contributed by atoms with Crippen LogP contribution in [0.5, 0.6) is 0 Å². The second-order valence-corrected chi connectivity index (χ2v) is 10.1. The number of halogens is 1. The highest BCUT2D eigenvalue weighted by atomic mass is 32.2. The quantitative estimate of drug-likeness (QED) is 0.522. The number of carbonyl (C=O) groups excluding carboxylic acids is 2. The Bertz CT molecular complexity index is 1090. The van der Waals surface area contributed by atoms with Gasteiger partial charge in [-0.05, 0) is 38.0 Å². The largest absolute Gasteiger partial charge is 0.355 e. The lowest BCUT2D eigenvalue weighted by atomic mass is 10.1. The zero-order valence-corrected chi connectivity index (χ0v) is 21.1. The summed E-state index contributed by atoms with van der Waals surface area (Å²) in [4.78, 5) is 27.7. The summed E-state index contributed by atoms with van der Waals surface area (Å²) in [5, 5.41) is 2.74. The third kappa shape index (κ3) is 6.54. The highest BCUT2D eigenvalue weighted by Gasteiger charge is 2.34. The van der Waals surface area contributed by atoms with E-state index in [1.807, 2.05) is 31.2 Å². The molecule has 10 heteroatoms. The van der Waals surface area contributed by atoms with E-state index in [-0.39, 0.29) is 18.1 Å². The van der Waals surface area contributed by atoms with Gasteiger partial charge in [-0.25, -0.2) is 8.70 Å². The Morgan fingerprint density at radius 1 is 1.03 bits per heavy atom. The number of aryl methyl sites for hydroxylation is 1. The average Bonchev–Trinajstić information content (AvgIpc) is 2.79. The van der Waals surface area contributed by atoms with Gasteiger partial charge >= 0.3 is 10.2 Å². The van der Waals surface area contributed by atoms with Crippen molar-refractivity contribution in [3.63, 3.8) is 0 Å². The van der Waals surface area contributed by atoms with Crippen LogP contribution in [-0.2, 0) is 26.3 Å². The van der Waals surface area contributed by atoms with Crippen molar-refractivity contribution in [1.29, 1.82) is 0 Å². The van der Waals surface area contributed by atoms with Gasteiger partial charge in [0.25, 0.3) is 0 Å². The van der Waals surface area contributed by atoms with Crippen molar-refractivity contribution in [2.45, 2.75) is 39.8 Å². The minimum atomic E-state index is -4.21. The summed E-state index contributed by atoms with van der Waals surface area (Å²) in [6.45, 7) is 5.32. The molecule has 2 rings (SSSR count). The molecule has 0 heterocycles. The standard InChI is InChI=1S/C24H33FN4O4S/c1-6-21(24(31)26-7-2)28(16-19-14-12-18(3)13-15-19)23(30)17-29(34(32,33)27(4)5)22-11-9-8-10-20(22)25/h8-15,21H,6-7,16-17H2,1-5H3,(H,26,31)/t21-/m1/s1. The first kappa shape index (κ1) is 27.3. The molecule has 2 aromatic rings. The van der Waals surface area contributed by atoms with Crippen molar-refractivity contribution in [1.82, 2.24) is 14.5 Å². The monoisotopic (exact) mass is 492 g/mol. The Hall–Kier alpha value is -2.98. The molecule has 2 amide bonds. The minimum absolute atomic E-state index is 0.0991. The third-order valence-corrected chi connectivity index (χ3v) is 7.16. The molecule has 186 valence electrons. The summed E-state index contributed by atoms with van der Waals surface area (Å²) in [6.07, 6.45) is 0.323. The summed E-state index contributed by atoms with van der Waals surface area (Å²) in [5.74, 6) is -1.73. The molecule has 1 N–H and O–H groups in total. The number of amides is 2. The number of nitrogens with one attached hydrogen (secondary N) is 1. The second kappa shape index (κ2) is 11.9. The van der Waals surface area contributed by atoms with Gasteiger partial charge in [-0.3, -0.25) is 9.59 Å². The van der Waals surface area contributed by atoms with Crippen LogP contribution in [0.25, 0.3) is 0 Å². The molecular formula is C24H33FN4O4S.